The summed E-state index contributed by atoms with van der Waals surface area (Å²) in [6, 6.07) is 0. The minimum absolute atomic E-state index is 0.0630. The van der Waals surface area contributed by atoms with Crippen LogP contribution in [0.4, 0.5) is 8.78 Å². The Morgan fingerprint density at radius 2 is 2.31 bits per heavy atom. The summed E-state index contributed by atoms with van der Waals surface area (Å²) < 4.78 is 29.1. The number of H-pyrrole nitrogens is 1. The van der Waals surface area contributed by atoms with E-state index < -0.39 is 23.7 Å². The second-order valence-electron chi connectivity index (χ2n) is 2.81. The molecule has 0 atom stereocenters. The van der Waals surface area contributed by atoms with Crippen LogP contribution in [0.5, 0.6) is 0 Å². The van der Waals surface area contributed by atoms with Crippen molar-refractivity contribution in [2.75, 3.05) is 0 Å². The molecular weight excluding hydrogens is 224 g/mol. The number of nitrogens with one attached hydrogen (secondary N) is 1. The van der Waals surface area contributed by atoms with Gasteiger partial charge in [-0.3, -0.25) is 0 Å². The first-order valence-electron chi connectivity index (χ1n) is 4.12. The summed E-state index contributed by atoms with van der Waals surface area (Å²) in [7, 11) is 0. The number of hydrogen-bond acceptors (Lipinski definition) is 4. The van der Waals surface area contributed by atoms with E-state index in [1.807, 2.05) is 0 Å². The fraction of sp³-hybridized carbons (Fsp3) is 0.125. The molecule has 0 spiro atoms. The lowest BCUT2D eigenvalue weighted by molar-refractivity contribution is 0.0670. The van der Waals surface area contributed by atoms with Crippen LogP contribution in [0.15, 0.2) is 16.9 Å². The van der Waals surface area contributed by atoms with Crippen molar-refractivity contribution in [3.63, 3.8) is 0 Å². The molecule has 0 saturated carbocycles. The molecule has 0 aromatic carbocycles. The van der Waals surface area contributed by atoms with E-state index in [1.54, 1.807) is 0 Å². The average Bonchev–Trinajstić information content (AvgIpc) is 2.85. The van der Waals surface area contributed by atoms with Crippen molar-refractivity contribution in [1.29, 1.82) is 0 Å². The number of aromatic nitrogens is 3. The molecule has 0 saturated heterocycles. The van der Waals surface area contributed by atoms with E-state index in [9.17, 15) is 13.6 Å². The van der Waals surface area contributed by atoms with Gasteiger partial charge in [-0.15, -0.1) is 0 Å². The lowest BCUT2D eigenvalue weighted by Crippen LogP contribution is -2.02. The molecule has 0 amide bonds. The summed E-state index contributed by atoms with van der Waals surface area (Å²) in [6.45, 7) is 0. The third-order valence-corrected chi connectivity index (χ3v) is 1.85. The molecule has 0 radical (unpaired) electrons. The highest BCUT2D eigenvalue weighted by Gasteiger charge is 2.30. The quantitative estimate of drug-likeness (QED) is 0.835. The second kappa shape index (κ2) is 3.72. The standard InChI is InChI=1S/C8H5F2N3O3/c9-6(10)5-3(8(14)15)4(13-16-5)7-11-1-2-12-7/h1-2,6H,(H,11,12)(H,14,15). The monoisotopic (exact) mass is 229 g/mol. The van der Waals surface area contributed by atoms with E-state index in [-0.39, 0.29) is 11.5 Å². The highest BCUT2D eigenvalue weighted by molar-refractivity contribution is 5.94. The van der Waals surface area contributed by atoms with Crippen LogP contribution in [0.25, 0.3) is 11.5 Å². The number of alkyl halides is 2. The number of carbonyl (C=O) groups is 1. The maximum atomic E-state index is 12.4. The summed E-state index contributed by atoms with van der Waals surface area (Å²) in [4.78, 5) is 17.1. The van der Waals surface area contributed by atoms with Gasteiger partial charge in [0.05, 0.1) is 0 Å². The van der Waals surface area contributed by atoms with Crippen molar-refractivity contribution in [2.45, 2.75) is 6.43 Å². The molecule has 8 heteroatoms. The molecule has 0 fully saturated rings. The van der Waals surface area contributed by atoms with E-state index >= 15 is 0 Å². The molecule has 84 valence electrons. The van der Waals surface area contributed by atoms with Gasteiger partial charge in [0.1, 0.15) is 5.56 Å². The van der Waals surface area contributed by atoms with Gasteiger partial charge in [0, 0.05) is 12.4 Å². The van der Waals surface area contributed by atoms with Crippen molar-refractivity contribution in [2.24, 2.45) is 0 Å². The first kappa shape index (κ1) is 10.3. The predicted octanol–water partition coefficient (Wildman–Crippen LogP) is 1.70. The Bertz CT molecular complexity index is 507. The lowest BCUT2D eigenvalue weighted by Gasteiger charge is -1.95. The van der Waals surface area contributed by atoms with Crippen molar-refractivity contribution in [3.8, 4) is 11.5 Å². The number of rotatable bonds is 3. The minimum Gasteiger partial charge on any atom is -0.477 e. The van der Waals surface area contributed by atoms with Gasteiger partial charge in [-0.1, -0.05) is 5.16 Å². The number of aromatic amines is 1. The van der Waals surface area contributed by atoms with E-state index in [1.165, 1.54) is 12.4 Å². The molecular formula is C8H5F2N3O3. The summed E-state index contributed by atoms with van der Waals surface area (Å²) >= 11 is 0. The molecule has 2 rings (SSSR count). The largest absolute Gasteiger partial charge is 0.477 e. The number of imidazole rings is 1. The summed E-state index contributed by atoms with van der Waals surface area (Å²) in [5.74, 6) is -2.45. The van der Waals surface area contributed by atoms with Gasteiger partial charge < -0.3 is 14.6 Å². The summed E-state index contributed by atoms with van der Waals surface area (Å²) in [5.41, 5.74) is -0.919. The Labute approximate surface area is 86.9 Å². The summed E-state index contributed by atoms with van der Waals surface area (Å²) in [6.07, 6.45) is -0.280. The van der Waals surface area contributed by atoms with Crippen LogP contribution in [0.1, 0.15) is 22.5 Å². The zero-order valence-corrected chi connectivity index (χ0v) is 7.65. The van der Waals surface area contributed by atoms with Crippen LogP contribution in [0.2, 0.25) is 0 Å². The van der Waals surface area contributed by atoms with Crippen LogP contribution in [0.3, 0.4) is 0 Å². The molecule has 6 nitrogen and oxygen atoms in total. The van der Waals surface area contributed by atoms with E-state index in [0.29, 0.717) is 0 Å². The van der Waals surface area contributed by atoms with Crippen LogP contribution < -0.4 is 0 Å². The predicted molar refractivity (Wildman–Crippen MR) is 46.0 cm³/mol. The first-order valence-corrected chi connectivity index (χ1v) is 4.12. The van der Waals surface area contributed by atoms with Crippen LogP contribution in [-0.4, -0.2) is 26.2 Å². The van der Waals surface area contributed by atoms with Gasteiger partial charge in [-0.25, -0.2) is 18.6 Å². The van der Waals surface area contributed by atoms with Gasteiger partial charge in [0.15, 0.2) is 11.5 Å². The minimum atomic E-state index is -3.04. The molecule has 2 heterocycles. The van der Waals surface area contributed by atoms with E-state index in [0.717, 1.165) is 0 Å². The average molecular weight is 229 g/mol. The van der Waals surface area contributed by atoms with E-state index in [4.69, 9.17) is 5.11 Å². The fourth-order valence-corrected chi connectivity index (χ4v) is 1.21. The molecule has 0 aliphatic carbocycles. The molecule has 16 heavy (non-hydrogen) atoms. The van der Waals surface area contributed by atoms with Crippen molar-refractivity contribution in [1.82, 2.24) is 15.1 Å². The zero-order valence-electron chi connectivity index (χ0n) is 7.65. The third-order valence-electron chi connectivity index (χ3n) is 1.85. The molecule has 0 aliphatic heterocycles. The molecule has 0 bridgehead atoms. The SMILES string of the molecule is O=C(O)c1c(-c2ncc[nH]2)noc1C(F)F. The van der Waals surface area contributed by atoms with Crippen molar-refractivity contribution in [3.05, 3.63) is 23.7 Å². The maximum absolute atomic E-state index is 12.4. The highest BCUT2D eigenvalue weighted by Crippen LogP contribution is 2.29. The maximum Gasteiger partial charge on any atom is 0.341 e. The molecule has 0 unspecified atom stereocenters. The Morgan fingerprint density at radius 1 is 1.56 bits per heavy atom. The molecule has 2 aromatic heterocycles. The second-order valence-corrected chi connectivity index (χ2v) is 2.81. The lowest BCUT2D eigenvalue weighted by atomic mass is 10.2. The number of halogens is 2. The van der Waals surface area contributed by atoms with E-state index in [2.05, 4.69) is 19.6 Å². The number of carboxylic acid groups (broad SMARTS) is 1. The normalized spacial score (nSPS) is 10.9. The Kier molecular flexibility index (Phi) is 2.39. The van der Waals surface area contributed by atoms with Crippen molar-refractivity contribution >= 4 is 5.97 Å². The van der Waals surface area contributed by atoms with Gasteiger partial charge in [-0.2, -0.15) is 0 Å². The zero-order chi connectivity index (χ0) is 11.7. The van der Waals surface area contributed by atoms with Crippen LogP contribution >= 0.6 is 0 Å². The topological polar surface area (TPSA) is 92.0 Å². The smallest absolute Gasteiger partial charge is 0.341 e. The third kappa shape index (κ3) is 1.53. The molecule has 2 N–H and O–H groups in total. The number of aromatic carboxylic acids is 1. The summed E-state index contributed by atoms with van der Waals surface area (Å²) in [5, 5.41) is 12.1. The number of nitrogens with zero attached hydrogens (tertiary/aromatic N) is 2. The van der Waals surface area contributed by atoms with Gasteiger partial charge >= 0.3 is 5.97 Å². The molecule has 2 aromatic rings. The van der Waals surface area contributed by atoms with Crippen molar-refractivity contribution < 1.29 is 23.2 Å². The van der Waals surface area contributed by atoms with Crippen LogP contribution in [0, 0.1) is 0 Å². The first-order chi connectivity index (χ1) is 7.61. The Balaban J connectivity index is 2.59. The highest BCUT2D eigenvalue weighted by atomic mass is 19.3. The molecule has 0 aliphatic rings. The van der Waals surface area contributed by atoms with Gasteiger partial charge in [0.25, 0.3) is 6.43 Å². The van der Waals surface area contributed by atoms with Gasteiger partial charge in [0.2, 0.25) is 5.76 Å². The Hall–Kier alpha value is -2.25. The van der Waals surface area contributed by atoms with Crippen LogP contribution in [-0.2, 0) is 0 Å². The Morgan fingerprint density at radius 3 is 2.81 bits per heavy atom. The number of hydrogen-bond donors (Lipinski definition) is 2. The number of carboxylic acids is 1. The fourth-order valence-electron chi connectivity index (χ4n) is 1.21. The van der Waals surface area contributed by atoms with Gasteiger partial charge in [-0.05, 0) is 0 Å².